The lowest BCUT2D eigenvalue weighted by Gasteiger charge is -2.44. The third-order valence-corrected chi connectivity index (χ3v) is 6.81. The van der Waals surface area contributed by atoms with Crippen LogP contribution in [0.5, 0.6) is 0 Å². The Balaban J connectivity index is 0.00000128. The molecule has 0 unspecified atom stereocenters. The molecule has 180 valence electrons. The number of rotatable bonds is 4. The molecule has 1 fully saturated rings. The van der Waals surface area contributed by atoms with Crippen molar-refractivity contribution in [3.8, 4) is 11.6 Å². The molecule has 2 aliphatic rings. The first-order valence-electron chi connectivity index (χ1n) is 10.2. The van der Waals surface area contributed by atoms with Crippen LogP contribution in [-0.2, 0) is 12.0 Å². The van der Waals surface area contributed by atoms with Crippen molar-refractivity contribution in [1.82, 2.24) is 34.8 Å². The molecule has 3 N–H and O–H groups in total. The van der Waals surface area contributed by atoms with Gasteiger partial charge in [0, 0.05) is 36.1 Å². The van der Waals surface area contributed by atoms with Gasteiger partial charge in [-0.1, -0.05) is 23.7 Å². The Morgan fingerprint density at radius 1 is 1.09 bits per heavy atom. The molecule has 1 aliphatic carbocycles. The van der Waals surface area contributed by atoms with E-state index >= 15 is 0 Å². The number of amides is 1. The molecule has 1 aliphatic heterocycles. The molecule has 9 nitrogen and oxygen atoms in total. The van der Waals surface area contributed by atoms with E-state index in [-0.39, 0.29) is 54.6 Å². The number of hydrogen-bond acceptors (Lipinski definition) is 6. The van der Waals surface area contributed by atoms with E-state index in [1.165, 1.54) is 11.9 Å². The fraction of sp³-hybridized carbons (Fsp3) is 0.450. The van der Waals surface area contributed by atoms with Crippen LogP contribution in [0.1, 0.15) is 41.9 Å². The first-order valence-corrected chi connectivity index (χ1v) is 10.6. The second-order valence-corrected chi connectivity index (χ2v) is 8.50. The van der Waals surface area contributed by atoms with Crippen LogP contribution in [0.2, 0.25) is 5.02 Å². The largest absolute Gasteiger partial charge is 0.331 e. The van der Waals surface area contributed by atoms with E-state index < -0.39 is 0 Å². The minimum atomic E-state index is -0.0836. The maximum absolute atomic E-state index is 13.2. The predicted octanol–water partition coefficient (Wildman–Crippen LogP) is 3.28. The van der Waals surface area contributed by atoms with Crippen LogP contribution in [-0.4, -0.2) is 59.9 Å². The molecule has 33 heavy (non-hydrogen) atoms. The lowest BCUT2D eigenvalue weighted by molar-refractivity contribution is 0.0523. The van der Waals surface area contributed by atoms with Crippen LogP contribution >= 0.6 is 48.8 Å². The minimum Gasteiger partial charge on any atom is -0.331 e. The summed E-state index contributed by atoms with van der Waals surface area (Å²) in [5, 5.41) is 16.8. The topological polar surface area (TPSA) is 119 Å². The number of carbonyl (C=O) groups is 1. The number of halogens is 4. The number of aromatic amines is 1. The standard InChI is InChI=1S/C20H23ClN8O.3ClH/c21-14-3-1-2-13(10-14)20(11-22)6-4-15(5-7-20)28-8-9-29-17(16-23-12-24-25-16)26-27-18(29)19(28)30;;;/h1-3,10,12,15H,4-9,11,22H2,(H,23,24,25);3*1H. The average molecular weight is 536 g/mol. The summed E-state index contributed by atoms with van der Waals surface area (Å²) >= 11 is 6.22. The number of nitrogens with one attached hydrogen (secondary N) is 1. The van der Waals surface area contributed by atoms with Crippen LogP contribution in [0.4, 0.5) is 0 Å². The Hall–Kier alpha value is -1.91. The Labute approximate surface area is 215 Å². The predicted molar refractivity (Wildman–Crippen MR) is 133 cm³/mol. The third kappa shape index (κ3) is 4.83. The molecule has 0 saturated heterocycles. The van der Waals surface area contributed by atoms with Crippen LogP contribution in [0, 0.1) is 0 Å². The van der Waals surface area contributed by atoms with E-state index in [4.69, 9.17) is 17.3 Å². The Bertz CT molecular complexity index is 1070. The highest BCUT2D eigenvalue weighted by molar-refractivity contribution is 6.30. The fourth-order valence-corrected chi connectivity index (χ4v) is 5.04. The Morgan fingerprint density at radius 3 is 2.45 bits per heavy atom. The van der Waals surface area contributed by atoms with Gasteiger partial charge >= 0.3 is 0 Å². The Kier molecular flexibility index (Phi) is 9.12. The normalized spacial score (nSPS) is 21.9. The molecule has 0 atom stereocenters. The lowest BCUT2D eigenvalue weighted by Crippen LogP contribution is -2.50. The van der Waals surface area contributed by atoms with E-state index in [1.54, 1.807) is 0 Å². The van der Waals surface area contributed by atoms with Gasteiger partial charge in [-0.25, -0.2) is 0 Å². The van der Waals surface area contributed by atoms with Crippen molar-refractivity contribution in [3.05, 3.63) is 47.0 Å². The highest BCUT2D eigenvalue weighted by Gasteiger charge is 2.41. The lowest BCUT2D eigenvalue weighted by atomic mass is 9.68. The first kappa shape index (κ1) is 27.3. The molecular formula is C20H26Cl4N8O. The number of carbonyl (C=O) groups excluding carboxylic acids is 1. The SMILES string of the molecule is Cl.Cl.Cl.NCC1(c2cccc(Cl)c2)CCC(N2CCn3c(nnc3-c3nnc[nH]3)C2=O)CC1. The molecule has 1 amide bonds. The average Bonchev–Trinajstić information content (AvgIpc) is 3.44. The molecule has 2 aromatic heterocycles. The van der Waals surface area contributed by atoms with Crippen LogP contribution in [0.3, 0.4) is 0 Å². The molecule has 5 rings (SSSR count). The van der Waals surface area contributed by atoms with Gasteiger partial charge in [-0.2, -0.15) is 0 Å². The maximum Gasteiger partial charge on any atom is 0.292 e. The molecular weight excluding hydrogens is 510 g/mol. The Morgan fingerprint density at radius 2 is 1.82 bits per heavy atom. The van der Waals surface area contributed by atoms with Gasteiger partial charge < -0.3 is 15.6 Å². The van der Waals surface area contributed by atoms with Crippen LogP contribution < -0.4 is 5.73 Å². The molecule has 3 aromatic rings. The number of benzene rings is 1. The van der Waals surface area contributed by atoms with Gasteiger partial charge in [0.15, 0.2) is 5.82 Å². The zero-order valence-electron chi connectivity index (χ0n) is 17.7. The smallest absolute Gasteiger partial charge is 0.292 e. The van der Waals surface area contributed by atoms with Crippen molar-refractivity contribution >= 4 is 54.7 Å². The van der Waals surface area contributed by atoms with E-state index in [2.05, 4.69) is 31.4 Å². The number of H-pyrrole nitrogens is 1. The second kappa shape index (κ2) is 11.0. The first-order chi connectivity index (χ1) is 14.6. The molecule has 0 radical (unpaired) electrons. The molecule has 0 spiro atoms. The van der Waals surface area contributed by atoms with Gasteiger partial charge in [-0.05, 0) is 43.4 Å². The second-order valence-electron chi connectivity index (χ2n) is 8.06. The summed E-state index contributed by atoms with van der Waals surface area (Å²) in [5.41, 5.74) is 7.33. The van der Waals surface area contributed by atoms with E-state index in [0.29, 0.717) is 37.1 Å². The van der Waals surface area contributed by atoms with Crippen molar-refractivity contribution in [2.24, 2.45) is 5.73 Å². The monoisotopic (exact) mass is 534 g/mol. The number of hydrogen-bond donors (Lipinski definition) is 2. The number of fused-ring (bicyclic) bond motifs is 1. The highest BCUT2D eigenvalue weighted by atomic mass is 35.5. The van der Waals surface area contributed by atoms with Gasteiger partial charge in [0.1, 0.15) is 6.33 Å². The molecule has 1 aromatic carbocycles. The summed E-state index contributed by atoms with van der Waals surface area (Å²) in [6, 6.07) is 8.17. The van der Waals surface area contributed by atoms with E-state index in [9.17, 15) is 4.79 Å². The van der Waals surface area contributed by atoms with Gasteiger partial charge in [-0.3, -0.25) is 9.36 Å². The van der Waals surface area contributed by atoms with E-state index in [1.807, 2.05) is 27.7 Å². The van der Waals surface area contributed by atoms with E-state index in [0.717, 1.165) is 30.7 Å². The molecule has 13 heteroatoms. The van der Waals surface area contributed by atoms with Crippen LogP contribution in [0.25, 0.3) is 11.6 Å². The maximum atomic E-state index is 13.2. The summed E-state index contributed by atoms with van der Waals surface area (Å²) in [5.74, 6) is 1.34. The van der Waals surface area contributed by atoms with Gasteiger partial charge in [0.25, 0.3) is 5.91 Å². The summed E-state index contributed by atoms with van der Waals surface area (Å²) in [6.45, 7) is 1.84. The van der Waals surface area contributed by atoms with Crippen molar-refractivity contribution in [2.75, 3.05) is 13.1 Å². The number of nitrogens with two attached hydrogens (primary N) is 1. The van der Waals surface area contributed by atoms with Crippen molar-refractivity contribution in [2.45, 2.75) is 43.7 Å². The molecule has 1 saturated carbocycles. The fourth-order valence-electron chi connectivity index (χ4n) is 4.84. The summed E-state index contributed by atoms with van der Waals surface area (Å²) < 4.78 is 1.82. The summed E-state index contributed by atoms with van der Waals surface area (Å²) in [4.78, 5) is 18.0. The number of aromatic nitrogens is 6. The number of nitrogens with zero attached hydrogens (tertiary/aromatic N) is 6. The van der Waals surface area contributed by atoms with Crippen molar-refractivity contribution in [3.63, 3.8) is 0 Å². The summed E-state index contributed by atoms with van der Waals surface area (Å²) in [6.07, 6.45) is 5.14. The van der Waals surface area contributed by atoms with Crippen LogP contribution in [0.15, 0.2) is 30.6 Å². The van der Waals surface area contributed by atoms with Crippen molar-refractivity contribution in [1.29, 1.82) is 0 Å². The van der Waals surface area contributed by atoms with Gasteiger partial charge in [-0.15, -0.1) is 57.6 Å². The minimum absolute atomic E-state index is 0. The zero-order valence-corrected chi connectivity index (χ0v) is 20.9. The van der Waals surface area contributed by atoms with Gasteiger partial charge in [0.2, 0.25) is 11.6 Å². The van der Waals surface area contributed by atoms with Gasteiger partial charge in [0.05, 0.1) is 0 Å². The summed E-state index contributed by atoms with van der Waals surface area (Å²) in [7, 11) is 0. The third-order valence-electron chi connectivity index (χ3n) is 6.58. The zero-order chi connectivity index (χ0) is 20.7. The molecule has 0 bridgehead atoms. The molecule has 3 heterocycles. The highest BCUT2D eigenvalue weighted by Crippen LogP contribution is 2.41. The quantitative estimate of drug-likeness (QED) is 0.529. The van der Waals surface area contributed by atoms with Crippen molar-refractivity contribution < 1.29 is 4.79 Å².